The van der Waals surface area contributed by atoms with Crippen LogP contribution in [0.4, 0.5) is 0 Å². The van der Waals surface area contributed by atoms with E-state index in [9.17, 15) is 0 Å². The first-order chi connectivity index (χ1) is 8.53. The van der Waals surface area contributed by atoms with Crippen molar-refractivity contribution in [3.05, 3.63) is 21.9 Å². The Labute approximate surface area is 116 Å². The van der Waals surface area contributed by atoms with Crippen molar-refractivity contribution in [3.8, 4) is 0 Å². The molecule has 1 N–H and O–H groups in total. The minimum absolute atomic E-state index is 0.387. The van der Waals surface area contributed by atoms with Crippen molar-refractivity contribution in [2.75, 3.05) is 6.54 Å². The number of aryl methyl sites for hydroxylation is 1. The lowest BCUT2D eigenvalue weighted by Crippen LogP contribution is -2.38. The minimum Gasteiger partial charge on any atom is -0.313 e. The van der Waals surface area contributed by atoms with Crippen molar-refractivity contribution in [1.82, 2.24) is 5.32 Å². The summed E-state index contributed by atoms with van der Waals surface area (Å²) in [5, 5.41) is 3.72. The highest BCUT2D eigenvalue weighted by Crippen LogP contribution is 2.34. The molecule has 1 atom stereocenters. The van der Waals surface area contributed by atoms with Crippen molar-refractivity contribution in [2.45, 2.75) is 59.4 Å². The standard InChI is InChI=1S/C16H27NS/c1-5-14-8-9-15(18-14)10-16(4,12(2)3)11-17-13-6-7-13/h8-9,12-13,17H,5-7,10-11H2,1-4H3. The van der Waals surface area contributed by atoms with Crippen LogP contribution in [-0.4, -0.2) is 12.6 Å². The van der Waals surface area contributed by atoms with E-state index in [-0.39, 0.29) is 0 Å². The molecular formula is C16H27NS. The zero-order chi connectivity index (χ0) is 13.2. The summed E-state index contributed by atoms with van der Waals surface area (Å²) < 4.78 is 0. The third-order valence-electron chi connectivity index (χ3n) is 4.41. The molecule has 0 aromatic carbocycles. The van der Waals surface area contributed by atoms with Crippen LogP contribution in [0.5, 0.6) is 0 Å². The van der Waals surface area contributed by atoms with E-state index in [0.29, 0.717) is 5.41 Å². The molecule has 1 aromatic heterocycles. The van der Waals surface area contributed by atoms with Gasteiger partial charge >= 0.3 is 0 Å². The topological polar surface area (TPSA) is 12.0 Å². The fourth-order valence-electron chi connectivity index (χ4n) is 2.24. The highest BCUT2D eigenvalue weighted by atomic mass is 32.1. The lowest BCUT2D eigenvalue weighted by atomic mass is 9.76. The lowest BCUT2D eigenvalue weighted by Gasteiger charge is -2.34. The zero-order valence-corrected chi connectivity index (χ0v) is 13.1. The average Bonchev–Trinajstić information content (AvgIpc) is 3.06. The molecule has 1 aliphatic rings. The molecule has 1 aliphatic carbocycles. The van der Waals surface area contributed by atoms with Gasteiger partial charge in [0.2, 0.25) is 0 Å². The summed E-state index contributed by atoms with van der Waals surface area (Å²) >= 11 is 2.00. The highest BCUT2D eigenvalue weighted by molar-refractivity contribution is 7.11. The quantitative estimate of drug-likeness (QED) is 0.776. The molecule has 0 radical (unpaired) electrons. The molecular weight excluding hydrogens is 238 g/mol. The fourth-order valence-corrected chi connectivity index (χ4v) is 3.40. The van der Waals surface area contributed by atoms with Crippen LogP contribution in [0.3, 0.4) is 0 Å². The third-order valence-corrected chi connectivity index (χ3v) is 5.64. The molecule has 0 saturated heterocycles. The summed E-state index contributed by atoms with van der Waals surface area (Å²) in [6.45, 7) is 10.6. The van der Waals surface area contributed by atoms with Gasteiger partial charge in [-0.25, -0.2) is 0 Å². The molecule has 0 bridgehead atoms. The van der Waals surface area contributed by atoms with Crippen LogP contribution in [0.25, 0.3) is 0 Å². The first-order valence-electron chi connectivity index (χ1n) is 7.34. The van der Waals surface area contributed by atoms with Crippen LogP contribution in [0, 0.1) is 11.3 Å². The van der Waals surface area contributed by atoms with Crippen molar-refractivity contribution < 1.29 is 0 Å². The second kappa shape index (κ2) is 5.75. The van der Waals surface area contributed by atoms with Gasteiger partial charge in [-0.3, -0.25) is 0 Å². The van der Waals surface area contributed by atoms with E-state index < -0.39 is 0 Å². The number of hydrogen-bond donors (Lipinski definition) is 1. The Kier molecular flexibility index (Phi) is 4.50. The molecule has 102 valence electrons. The Morgan fingerprint density at radius 1 is 1.33 bits per heavy atom. The zero-order valence-electron chi connectivity index (χ0n) is 12.3. The van der Waals surface area contributed by atoms with Crippen LogP contribution < -0.4 is 5.32 Å². The minimum atomic E-state index is 0.387. The average molecular weight is 265 g/mol. The van der Waals surface area contributed by atoms with Gasteiger partial charge in [-0.2, -0.15) is 0 Å². The van der Waals surface area contributed by atoms with E-state index in [2.05, 4.69) is 45.1 Å². The maximum absolute atomic E-state index is 3.72. The van der Waals surface area contributed by atoms with Crippen LogP contribution in [-0.2, 0) is 12.8 Å². The predicted octanol–water partition coefficient (Wildman–Crippen LogP) is 4.27. The van der Waals surface area contributed by atoms with E-state index in [0.717, 1.165) is 18.5 Å². The molecule has 1 nitrogen and oxygen atoms in total. The normalized spacial score (nSPS) is 19.2. The summed E-state index contributed by atoms with van der Waals surface area (Å²) in [5.41, 5.74) is 0.387. The summed E-state index contributed by atoms with van der Waals surface area (Å²) in [4.78, 5) is 3.08. The Balaban J connectivity index is 1.98. The largest absolute Gasteiger partial charge is 0.313 e. The van der Waals surface area contributed by atoms with Gasteiger partial charge in [-0.1, -0.05) is 27.7 Å². The molecule has 2 heteroatoms. The van der Waals surface area contributed by atoms with E-state index in [1.54, 1.807) is 4.88 Å². The van der Waals surface area contributed by atoms with Crippen LogP contribution in [0.1, 0.15) is 50.3 Å². The molecule has 1 fully saturated rings. The molecule has 2 rings (SSSR count). The van der Waals surface area contributed by atoms with Gasteiger partial charge in [0.05, 0.1) is 0 Å². The van der Waals surface area contributed by atoms with E-state index in [1.165, 1.54) is 30.6 Å². The van der Waals surface area contributed by atoms with Crippen LogP contribution >= 0.6 is 11.3 Å². The highest BCUT2D eigenvalue weighted by Gasteiger charge is 2.31. The fraction of sp³-hybridized carbons (Fsp3) is 0.750. The second-order valence-electron chi connectivity index (χ2n) is 6.36. The van der Waals surface area contributed by atoms with Gasteiger partial charge in [0, 0.05) is 22.3 Å². The number of nitrogens with one attached hydrogen (secondary N) is 1. The Bertz CT molecular complexity index is 378. The summed E-state index contributed by atoms with van der Waals surface area (Å²) in [7, 11) is 0. The molecule has 1 heterocycles. The van der Waals surface area contributed by atoms with Crippen molar-refractivity contribution >= 4 is 11.3 Å². The van der Waals surface area contributed by atoms with E-state index in [4.69, 9.17) is 0 Å². The smallest absolute Gasteiger partial charge is 0.00684 e. The summed E-state index contributed by atoms with van der Waals surface area (Å²) in [5.74, 6) is 0.718. The van der Waals surface area contributed by atoms with Gasteiger partial charge in [-0.15, -0.1) is 11.3 Å². The first kappa shape index (κ1) is 14.1. The maximum Gasteiger partial charge on any atom is 0.00684 e. The summed E-state index contributed by atoms with van der Waals surface area (Å²) in [6.07, 6.45) is 5.15. The van der Waals surface area contributed by atoms with Gasteiger partial charge < -0.3 is 5.32 Å². The second-order valence-corrected chi connectivity index (χ2v) is 7.62. The number of hydrogen-bond acceptors (Lipinski definition) is 2. The van der Waals surface area contributed by atoms with Crippen molar-refractivity contribution in [3.63, 3.8) is 0 Å². The van der Waals surface area contributed by atoms with Crippen molar-refractivity contribution in [1.29, 1.82) is 0 Å². The van der Waals surface area contributed by atoms with Gasteiger partial charge in [0.15, 0.2) is 0 Å². The van der Waals surface area contributed by atoms with Gasteiger partial charge in [0.1, 0.15) is 0 Å². The molecule has 0 aliphatic heterocycles. The van der Waals surface area contributed by atoms with Crippen LogP contribution in [0.15, 0.2) is 12.1 Å². The number of thiophene rings is 1. The van der Waals surface area contributed by atoms with Gasteiger partial charge in [-0.05, 0) is 49.1 Å². The molecule has 1 saturated carbocycles. The van der Waals surface area contributed by atoms with Crippen molar-refractivity contribution in [2.24, 2.45) is 11.3 Å². The van der Waals surface area contributed by atoms with Gasteiger partial charge in [0.25, 0.3) is 0 Å². The van der Waals surface area contributed by atoms with E-state index in [1.807, 2.05) is 11.3 Å². The van der Waals surface area contributed by atoms with E-state index >= 15 is 0 Å². The predicted molar refractivity (Wildman–Crippen MR) is 81.4 cm³/mol. The first-order valence-corrected chi connectivity index (χ1v) is 8.16. The molecule has 0 spiro atoms. The molecule has 1 aromatic rings. The SMILES string of the molecule is CCc1ccc(CC(C)(CNC2CC2)C(C)C)s1. The molecule has 18 heavy (non-hydrogen) atoms. The lowest BCUT2D eigenvalue weighted by molar-refractivity contribution is 0.208. The number of rotatable bonds is 7. The Morgan fingerprint density at radius 2 is 2.00 bits per heavy atom. The maximum atomic E-state index is 3.72. The molecule has 1 unspecified atom stereocenters. The Morgan fingerprint density at radius 3 is 2.50 bits per heavy atom. The third kappa shape index (κ3) is 3.58. The molecule has 0 amide bonds. The monoisotopic (exact) mass is 265 g/mol. The van der Waals surface area contributed by atoms with Crippen LogP contribution in [0.2, 0.25) is 0 Å². The Hall–Kier alpha value is -0.340. The summed E-state index contributed by atoms with van der Waals surface area (Å²) in [6, 6.07) is 5.45.